The fraction of sp³-hybridized carbons (Fsp3) is 0.846. The van der Waals surface area contributed by atoms with Crippen LogP contribution in [0.25, 0.3) is 0 Å². The van der Waals surface area contributed by atoms with Crippen LogP contribution in [0.3, 0.4) is 0 Å². The second-order valence-corrected chi connectivity index (χ2v) is 6.86. The topological polar surface area (TPSA) is 87.1 Å². The fourth-order valence-corrected chi connectivity index (χ4v) is 3.09. The van der Waals surface area contributed by atoms with E-state index in [4.69, 9.17) is 10.2 Å². The Balaban J connectivity index is 0.000000191. The molecule has 1 saturated carbocycles. The molecule has 2 unspecified atom stereocenters. The molecule has 0 amide bonds. The molecule has 1 aliphatic carbocycles. The molecule has 0 bridgehead atoms. The first-order valence-corrected chi connectivity index (χ1v) is 9.38. The molecule has 2 fully saturated rings. The zero-order valence-electron chi connectivity index (χ0n) is 11.5. The van der Waals surface area contributed by atoms with Gasteiger partial charge < -0.3 is 14.9 Å². The van der Waals surface area contributed by atoms with E-state index in [2.05, 4.69) is 4.74 Å². The van der Waals surface area contributed by atoms with E-state index >= 15 is 0 Å². The molecule has 19 heavy (non-hydrogen) atoms. The molecule has 1 saturated heterocycles. The van der Waals surface area contributed by atoms with Gasteiger partial charge in [-0.15, -0.1) is 0 Å². The summed E-state index contributed by atoms with van der Waals surface area (Å²) >= 11 is 1.11. The summed E-state index contributed by atoms with van der Waals surface area (Å²) in [7, 11) is 0. The van der Waals surface area contributed by atoms with Gasteiger partial charge >= 0.3 is 112 Å². The van der Waals surface area contributed by atoms with Crippen molar-refractivity contribution in [2.45, 2.75) is 57.7 Å². The molecule has 104 valence electrons. The van der Waals surface area contributed by atoms with E-state index in [0.717, 1.165) is 54.9 Å². The second-order valence-electron chi connectivity index (χ2n) is 5.30. The van der Waals surface area contributed by atoms with Gasteiger partial charge in [0.1, 0.15) is 0 Å². The van der Waals surface area contributed by atoms with Gasteiger partial charge in [0.15, 0.2) is 12.2 Å². The number of carbonyl (C=O) groups is 2. The molecule has 2 atom stereocenters. The third-order valence-corrected chi connectivity index (χ3v) is 4.77. The van der Waals surface area contributed by atoms with Gasteiger partial charge in [-0.2, -0.15) is 0 Å². The minimum absolute atomic E-state index is 1.11. The van der Waals surface area contributed by atoms with Gasteiger partial charge in [0.25, 0.3) is 0 Å². The van der Waals surface area contributed by atoms with Crippen molar-refractivity contribution in [3.05, 3.63) is 0 Å². The monoisotopic (exact) mass is 296 g/mol. The van der Waals surface area contributed by atoms with Gasteiger partial charge in [-0.05, 0) is 0 Å². The van der Waals surface area contributed by atoms with Gasteiger partial charge in [0.05, 0.1) is 0 Å². The molecule has 2 aliphatic rings. The number of ether oxygens (including phenoxy) is 1. The maximum atomic E-state index is 9.89. The number of carboxylic acids is 2. The molecule has 0 radical (unpaired) electrons. The van der Waals surface area contributed by atoms with Crippen molar-refractivity contribution in [2.75, 3.05) is 0 Å². The predicted octanol–water partition coefficient (Wildman–Crippen LogP) is 1.86. The molecule has 0 aromatic heterocycles. The quantitative estimate of drug-likeness (QED) is 0.597. The number of hydrogen-bond acceptors (Lipinski definition) is 3. The summed E-state index contributed by atoms with van der Waals surface area (Å²) in [6.45, 7) is 0. The van der Waals surface area contributed by atoms with Gasteiger partial charge in [0, 0.05) is 0 Å². The molecular weight excluding hydrogens is 275 g/mol. The number of carboxylic acid groups (broad SMARTS) is 2. The van der Waals surface area contributed by atoms with Gasteiger partial charge in [-0.1, -0.05) is 0 Å². The zero-order chi connectivity index (χ0) is 14.3. The van der Waals surface area contributed by atoms with Crippen molar-refractivity contribution >= 4 is 60.9 Å². The minimum atomic E-state index is -1.22. The van der Waals surface area contributed by atoms with E-state index in [-0.39, 0.29) is 0 Å². The Morgan fingerprint density at radius 3 is 1.95 bits per heavy atom. The molecular formula is C13H21KO5. The van der Waals surface area contributed by atoms with Crippen molar-refractivity contribution < 1.29 is 24.5 Å². The Bertz CT molecular complexity index is 283. The molecule has 0 aromatic carbocycles. The first kappa shape index (κ1) is 17.6. The van der Waals surface area contributed by atoms with E-state index in [1.807, 2.05) is 0 Å². The number of epoxide rings is 1. The van der Waals surface area contributed by atoms with Crippen molar-refractivity contribution in [3.63, 3.8) is 0 Å². The van der Waals surface area contributed by atoms with Crippen LogP contribution in [-0.2, 0) is 14.3 Å². The fourth-order valence-electron chi connectivity index (χ4n) is 2.46. The summed E-state index contributed by atoms with van der Waals surface area (Å²) in [4.78, 5) is 19.8. The van der Waals surface area contributed by atoms with Crippen LogP contribution in [0.4, 0.5) is 0 Å². The Kier molecular flexibility index (Phi) is 8.76. The van der Waals surface area contributed by atoms with E-state index in [9.17, 15) is 9.59 Å². The van der Waals surface area contributed by atoms with Crippen molar-refractivity contribution in [3.8, 4) is 0 Å². The Morgan fingerprint density at radius 1 is 1.05 bits per heavy atom. The van der Waals surface area contributed by atoms with Crippen LogP contribution < -0.4 is 0 Å². The van der Waals surface area contributed by atoms with Crippen LogP contribution in [0.5, 0.6) is 0 Å². The first-order chi connectivity index (χ1) is 9.06. The Morgan fingerprint density at radius 2 is 1.58 bits per heavy atom. The van der Waals surface area contributed by atoms with E-state index in [1.165, 1.54) is 19.3 Å². The maximum absolute atomic E-state index is 9.89. The molecule has 2 N–H and O–H groups in total. The number of rotatable bonds is 5. The van der Waals surface area contributed by atoms with Gasteiger partial charge in [-0.25, -0.2) is 9.59 Å². The average Bonchev–Trinajstić information content (AvgIpc) is 3.19. The van der Waals surface area contributed by atoms with Crippen molar-refractivity contribution in [1.82, 2.24) is 0 Å². The summed E-state index contributed by atoms with van der Waals surface area (Å²) in [6.07, 6.45) is 8.52. The van der Waals surface area contributed by atoms with Crippen molar-refractivity contribution in [1.29, 1.82) is 0 Å². The van der Waals surface area contributed by atoms with Crippen LogP contribution in [0.2, 0.25) is 0.515 Å². The SMILES string of the molecule is O=C(O)C1OC1C(=O)O.[K][CH2]CCC1CCCCC1. The van der Waals surface area contributed by atoms with E-state index in [1.54, 1.807) is 26.2 Å². The molecule has 1 heterocycles. The Labute approximate surface area is 147 Å². The van der Waals surface area contributed by atoms with E-state index in [0.29, 0.717) is 0 Å². The average molecular weight is 296 g/mol. The third-order valence-electron chi connectivity index (χ3n) is 3.67. The van der Waals surface area contributed by atoms with Crippen LogP contribution in [0.15, 0.2) is 0 Å². The molecule has 1 aliphatic heterocycles. The summed E-state index contributed by atoms with van der Waals surface area (Å²) in [6, 6.07) is 0. The Hall–Kier alpha value is 0.536. The van der Waals surface area contributed by atoms with Gasteiger partial charge in [-0.3, -0.25) is 0 Å². The van der Waals surface area contributed by atoms with Crippen molar-refractivity contribution in [2.24, 2.45) is 5.92 Å². The van der Waals surface area contributed by atoms with Crippen LogP contribution >= 0.6 is 0 Å². The van der Waals surface area contributed by atoms with Crippen LogP contribution in [-0.4, -0.2) is 83.3 Å². The molecule has 5 nitrogen and oxygen atoms in total. The summed E-state index contributed by atoms with van der Waals surface area (Å²) in [5.74, 6) is -1.30. The molecule has 6 heteroatoms. The van der Waals surface area contributed by atoms with E-state index < -0.39 is 24.1 Å². The normalized spacial score (nSPS) is 26.2. The number of hydrogen-bond donors (Lipinski definition) is 2. The summed E-state index contributed by atoms with van der Waals surface area (Å²) < 4.78 is 5.81. The summed E-state index contributed by atoms with van der Waals surface area (Å²) in [5.41, 5.74) is 0. The second kappa shape index (κ2) is 9.47. The third kappa shape index (κ3) is 7.20. The number of aliphatic carboxylic acids is 2. The molecule has 0 spiro atoms. The zero-order valence-corrected chi connectivity index (χ0v) is 14.6. The van der Waals surface area contributed by atoms with Gasteiger partial charge in [0.2, 0.25) is 0 Å². The first-order valence-electron chi connectivity index (χ1n) is 7.17. The molecule has 0 aromatic rings. The predicted molar refractivity (Wildman–Crippen MR) is 70.3 cm³/mol. The van der Waals surface area contributed by atoms with Crippen LogP contribution in [0.1, 0.15) is 44.9 Å². The molecule has 2 rings (SSSR count). The van der Waals surface area contributed by atoms with Crippen LogP contribution in [0, 0.1) is 5.92 Å². The summed E-state index contributed by atoms with van der Waals surface area (Å²) in [5, 5.41) is 16.2. The standard InChI is InChI=1S/C9H17.C4H4O5.K/c1-2-6-9-7-4-3-5-8-9;5-3(6)1-2(9-1)4(7)8;/h9H,1-8H2;1-2H,(H,5,6)(H,7,8);.